The molecule has 5 fully saturated rings. The number of likely N-dealkylation sites (N-methyl/N-ethyl adjacent to an activating group) is 1. The van der Waals surface area contributed by atoms with Crippen LogP contribution in [-0.4, -0.2) is 107 Å². The Bertz CT molecular complexity index is 858. The van der Waals surface area contributed by atoms with Gasteiger partial charge in [0.15, 0.2) is 0 Å². The summed E-state index contributed by atoms with van der Waals surface area (Å²) in [5, 5.41) is 6.22. The molecule has 4 heterocycles. The first-order valence-corrected chi connectivity index (χ1v) is 14.1. The maximum absolute atomic E-state index is 13.6. The number of alkyl halides is 3. The van der Waals surface area contributed by atoms with Crippen LogP contribution in [0.1, 0.15) is 32.1 Å². The van der Waals surface area contributed by atoms with E-state index in [9.17, 15) is 21.6 Å². The zero-order valence-corrected chi connectivity index (χ0v) is 20.9. The van der Waals surface area contributed by atoms with Crippen molar-refractivity contribution in [1.29, 1.82) is 0 Å². The van der Waals surface area contributed by atoms with Crippen molar-refractivity contribution >= 4 is 10.0 Å². The number of piperidine rings is 1. The first-order valence-electron chi connectivity index (χ1n) is 12.5. The van der Waals surface area contributed by atoms with Crippen molar-refractivity contribution in [2.45, 2.75) is 80.0 Å². The fraction of sp³-hybridized carbons (Fsp3) is 1.00. The summed E-state index contributed by atoms with van der Waals surface area (Å²) in [6.07, 6.45) is -1.89. The Hall–Kier alpha value is -0.580. The number of fused-ring (bicyclic) bond motifs is 2. The van der Waals surface area contributed by atoms with Crippen LogP contribution in [0.2, 0.25) is 0 Å². The van der Waals surface area contributed by atoms with Gasteiger partial charge in [-0.3, -0.25) is 10.7 Å². The van der Waals surface area contributed by atoms with Crippen molar-refractivity contribution in [3.63, 3.8) is 0 Å². The fourth-order valence-corrected chi connectivity index (χ4v) is 8.43. The van der Waals surface area contributed by atoms with E-state index in [2.05, 4.69) is 20.9 Å². The van der Waals surface area contributed by atoms with Crippen molar-refractivity contribution in [3.05, 3.63) is 0 Å². The lowest BCUT2D eigenvalue weighted by atomic mass is 9.80. The minimum absolute atomic E-state index is 0.00586. The summed E-state index contributed by atoms with van der Waals surface area (Å²) >= 11 is 0. The number of methoxy groups -OCH3 is 1. The maximum Gasteiger partial charge on any atom is 0.405 e. The zero-order chi connectivity index (χ0) is 25.0. The lowest BCUT2D eigenvalue weighted by Gasteiger charge is -2.43. The third-order valence-corrected chi connectivity index (χ3v) is 10.5. The van der Waals surface area contributed by atoms with Gasteiger partial charge in [-0.15, -0.1) is 0 Å². The molecule has 0 amide bonds. The highest BCUT2D eigenvalue weighted by Gasteiger charge is 2.56. The summed E-state index contributed by atoms with van der Waals surface area (Å²) in [6, 6.07) is -2.31. The summed E-state index contributed by atoms with van der Waals surface area (Å²) < 4.78 is 81.6. The van der Waals surface area contributed by atoms with Crippen LogP contribution >= 0.6 is 0 Å². The standard InChI is InChI=1S/C21H37F3N6O4S/c1-29-19-12(9-26-29)3-5-16(33-2)18(19)28-35(31,32)13-4-6-17(25-10-13)30-15-7-8-34-11-14(15)20(27-30)21(22,23)24/h12-20,25-28H,3-11H2,1-2H3. The van der Waals surface area contributed by atoms with Gasteiger partial charge in [0.25, 0.3) is 0 Å². The van der Waals surface area contributed by atoms with Gasteiger partial charge in [0, 0.05) is 51.9 Å². The molecular weight excluding hydrogens is 489 g/mol. The predicted molar refractivity (Wildman–Crippen MR) is 121 cm³/mol. The second-order valence-electron chi connectivity index (χ2n) is 10.5. The van der Waals surface area contributed by atoms with Crippen LogP contribution in [0, 0.1) is 11.8 Å². The van der Waals surface area contributed by atoms with Crippen LogP contribution < -0.4 is 20.9 Å². The molecule has 202 valence electrons. The summed E-state index contributed by atoms with van der Waals surface area (Å²) in [4.78, 5) is 0. The highest BCUT2D eigenvalue weighted by atomic mass is 32.2. The van der Waals surface area contributed by atoms with E-state index in [1.54, 1.807) is 12.1 Å². The van der Waals surface area contributed by atoms with Crippen LogP contribution in [0.3, 0.4) is 0 Å². The van der Waals surface area contributed by atoms with Gasteiger partial charge in [0.2, 0.25) is 10.0 Å². The molecule has 0 spiro atoms. The second kappa shape index (κ2) is 9.95. The molecule has 5 aliphatic rings. The molecule has 4 saturated heterocycles. The molecule has 0 radical (unpaired) electrons. The number of hydrazine groups is 2. The van der Waals surface area contributed by atoms with E-state index in [0.717, 1.165) is 19.4 Å². The molecule has 4 N–H and O–H groups in total. The molecule has 9 atom stereocenters. The number of sulfonamides is 1. The molecule has 0 bridgehead atoms. The molecule has 5 rings (SSSR count). The lowest BCUT2D eigenvalue weighted by molar-refractivity contribution is -0.170. The molecule has 10 nitrogen and oxygen atoms in total. The van der Waals surface area contributed by atoms with Gasteiger partial charge < -0.3 is 9.47 Å². The summed E-state index contributed by atoms with van der Waals surface area (Å²) in [5.41, 5.74) is 5.98. The van der Waals surface area contributed by atoms with Crippen molar-refractivity contribution in [2.75, 3.05) is 40.5 Å². The number of hydrogen-bond donors (Lipinski definition) is 4. The fourth-order valence-electron chi connectivity index (χ4n) is 6.80. The number of nitrogens with one attached hydrogen (secondary N) is 4. The third kappa shape index (κ3) is 4.98. The monoisotopic (exact) mass is 526 g/mol. The van der Waals surface area contributed by atoms with Gasteiger partial charge >= 0.3 is 6.18 Å². The minimum atomic E-state index is -4.37. The molecule has 0 aromatic heterocycles. The van der Waals surface area contributed by atoms with Crippen LogP contribution in [0.4, 0.5) is 13.2 Å². The maximum atomic E-state index is 13.6. The van der Waals surface area contributed by atoms with Gasteiger partial charge in [-0.25, -0.2) is 28.6 Å². The van der Waals surface area contributed by atoms with E-state index in [1.807, 2.05) is 12.1 Å². The number of rotatable bonds is 5. The summed E-state index contributed by atoms with van der Waals surface area (Å²) in [5.74, 6) is -0.320. The molecule has 1 saturated carbocycles. The Balaban J connectivity index is 1.23. The van der Waals surface area contributed by atoms with Crippen LogP contribution in [0.25, 0.3) is 0 Å². The number of halogens is 3. The molecule has 9 unspecified atom stereocenters. The number of hydrogen-bond acceptors (Lipinski definition) is 9. The van der Waals surface area contributed by atoms with Gasteiger partial charge in [-0.1, -0.05) is 0 Å². The molecule has 14 heteroatoms. The Kier molecular flexibility index (Phi) is 7.40. The lowest BCUT2D eigenvalue weighted by Crippen LogP contribution is -2.63. The first kappa shape index (κ1) is 26.0. The minimum Gasteiger partial charge on any atom is -0.381 e. The predicted octanol–water partition coefficient (Wildman–Crippen LogP) is -0.248. The Morgan fingerprint density at radius 3 is 2.60 bits per heavy atom. The second-order valence-corrected chi connectivity index (χ2v) is 12.5. The Morgan fingerprint density at radius 1 is 1.11 bits per heavy atom. The van der Waals surface area contributed by atoms with Crippen LogP contribution in [0.15, 0.2) is 0 Å². The number of ether oxygens (including phenoxy) is 2. The topological polar surface area (TPSA) is 107 Å². The smallest absolute Gasteiger partial charge is 0.381 e. The van der Waals surface area contributed by atoms with E-state index in [-0.39, 0.29) is 43.5 Å². The molecule has 0 aromatic carbocycles. The highest BCUT2D eigenvalue weighted by molar-refractivity contribution is 7.90. The van der Waals surface area contributed by atoms with Crippen LogP contribution in [0.5, 0.6) is 0 Å². The number of nitrogens with zero attached hydrogens (tertiary/aromatic N) is 2. The van der Waals surface area contributed by atoms with Gasteiger partial charge in [-0.05, 0) is 38.0 Å². The van der Waals surface area contributed by atoms with Gasteiger partial charge in [0.05, 0.1) is 30.2 Å². The van der Waals surface area contributed by atoms with E-state index in [0.29, 0.717) is 31.8 Å². The average molecular weight is 527 g/mol. The normalized spacial score (nSPS) is 43.7. The molecule has 4 aliphatic heterocycles. The van der Waals surface area contributed by atoms with Crippen molar-refractivity contribution in [1.82, 2.24) is 30.9 Å². The SMILES string of the molecule is COC1CCC2CNN(C)C2C1NS(=O)(=O)C1CCC(N2NC(C(F)(F)F)C3COCCC32)NC1. The van der Waals surface area contributed by atoms with Gasteiger partial charge in [0.1, 0.15) is 6.04 Å². The third-order valence-electron chi connectivity index (χ3n) is 8.63. The first-order chi connectivity index (χ1) is 16.6. The van der Waals surface area contributed by atoms with E-state index in [1.165, 1.54) is 0 Å². The van der Waals surface area contributed by atoms with Crippen LogP contribution in [-0.2, 0) is 19.5 Å². The van der Waals surface area contributed by atoms with E-state index < -0.39 is 33.4 Å². The van der Waals surface area contributed by atoms with Crippen molar-refractivity contribution in [3.8, 4) is 0 Å². The molecule has 0 aromatic rings. The molecular formula is C21H37F3N6O4S. The molecule has 1 aliphatic carbocycles. The average Bonchev–Trinajstić information content (AvgIpc) is 3.40. The van der Waals surface area contributed by atoms with E-state index in [4.69, 9.17) is 9.47 Å². The summed E-state index contributed by atoms with van der Waals surface area (Å²) in [7, 11) is -0.137. The molecule has 35 heavy (non-hydrogen) atoms. The van der Waals surface area contributed by atoms with Gasteiger partial charge in [-0.2, -0.15) is 13.2 Å². The highest BCUT2D eigenvalue weighted by Crippen LogP contribution is 2.39. The summed E-state index contributed by atoms with van der Waals surface area (Å²) in [6.45, 7) is 1.48. The Morgan fingerprint density at radius 2 is 1.91 bits per heavy atom. The Labute approximate surface area is 204 Å². The quantitative estimate of drug-likeness (QED) is 0.386. The van der Waals surface area contributed by atoms with Crippen molar-refractivity contribution < 1.29 is 31.1 Å². The van der Waals surface area contributed by atoms with E-state index >= 15 is 0 Å². The largest absolute Gasteiger partial charge is 0.405 e. The zero-order valence-electron chi connectivity index (χ0n) is 20.1. The van der Waals surface area contributed by atoms with Crippen molar-refractivity contribution in [2.24, 2.45) is 11.8 Å².